The van der Waals surface area contributed by atoms with Gasteiger partial charge in [0.1, 0.15) is 5.69 Å². The minimum atomic E-state index is 0.0361. The Bertz CT molecular complexity index is 987. The van der Waals surface area contributed by atoms with E-state index in [1.807, 2.05) is 52.7 Å². The van der Waals surface area contributed by atoms with Crippen molar-refractivity contribution >= 4 is 23.1 Å². The van der Waals surface area contributed by atoms with E-state index in [9.17, 15) is 4.79 Å². The fourth-order valence-corrected chi connectivity index (χ4v) is 4.98. The van der Waals surface area contributed by atoms with Crippen molar-refractivity contribution in [2.45, 2.75) is 45.2 Å². The van der Waals surface area contributed by atoms with E-state index in [4.69, 9.17) is 9.26 Å². The monoisotopic (exact) mass is 453 g/mol. The largest absolute Gasteiger partial charge is 0.385 e. The van der Waals surface area contributed by atoms with Crippen molar-refractivity contribution in [1.82, 2.24) is 10.1 Å². The Morgan fingerprint density at radius 3 is 2.81 bits per heavy atom. The summed E-state index contributed by atoms with van der Waals surface area (Å²) in [6.07, 6.45) is 4.27. The number of piperidine rings is 1. The van der Waals surface area contributed by atoms with E-state index in [1.165, 1.54) is 17.8 Å². The fourth-order valence-electron chi connectivity index (χ4n) is 4.29. The van der Waals surface area contributed by atoms with Gasteiger partial charge in [-0.05, 0) is 44.1 Å². The lowest BCUT2D eigenvalue weighted by Crippen LogP contribution is -2.38. The number of anilines is 1. The van der Waals surface area contributed by atoms with E-state index in [1.54, 1.807) is 7.11 Å². The number of carbonyl (C=O) groups is 1. The van der Waals surface area contributed by atoms with Crippen molar-refractivity contribution in [2.24, 2.45) is 0 Å². The van der Waals surface area contributed by atoms with Gasteiger partial charge in [0.25, 0.3) is 5.91 Å². The molecule has 1 amide bonds. The van der Waals surface area contributed by atoms with E-state index >= 15 is 0 Å². The average molecular weight is 454 g/mol. The predicted octanol–water partition coefficient (Wildman–Crippen LogP) is 5.46. The van der Waals surface area contributed by atoms with E-state index in [0.717, 1.165) is 53.4 Å². The number of benzene rings is 1. The van der Waals surface area contributed by atoms with Crippen LogP contribution in [0.5, 0.6) is 0 Å². The lowest BCUT2D eigenvalue weighted by Gasteiger charge is -2.34. The van der Waals surface area contributed by atoms with Gasteiger partial charge < -0.3 is 19.1 Å². The van der Waals surface area contributed by atoms with Crippen molar-refractivity contribution < 1.29 is 14.1 Å². The van der Waals surface area contributed by atoms with Crippen LogP contribution in [-0.2, 0) is 11.3 Å². The van der Waals surface area contributed by atoms with Gasteiger partial charge >= 0.3 is 0 Å². The van der Waals surface area contributed by atoms with Crippen molar-refractivity contribution in [3.05, 3.63) is 58.3 Å². The number of nitrogens with zero attached hydrogens (tertiary/aromatic N) is 3. The van der Waals surface area contributed by atoms with E-state index in [0.29, 0.717) is 25.7 Å². The van der Waals surface area contributed by atoms with Gasteiger partial charge in [0.05, 0.1) is 17.0 Å². The van der Waals surface area contributed by atoms with Gasteiger partial charge in [-0.15, -0.1) is 11.3 Å². The number of ether oxygens (including phenoxy) is 1. The standard InChI is InChI=1S/C25H31N3O3S/c1-19-10-6-7-15-28(19)25-21(23(26-31-25)20-11-4-3-5-12-20)18-27(14-9-16-30-2)24(29)22-13-8-17-32-22/h3-5,8,11-13,17,19H,6-7,9-10,14-16,18H2,1-2H3/t19-/m1/s1. The van der Waals surface area contributed by atoms with Gasteiger partial charge in [-0.2, -0.15) is 0 Å². The molecule has 1 saturated heterocycles. The molecular formula is C25H31N3O3S. The summed E-state index contributed by atoms with van der Waals surface area (Å²) in [4.78, 5) is 18.3. The summed E-state index contributed by atoms with van der Waals surface area (Å²) in [7, 11) is 1.69. The van der Waals surface area contributed by atoms with Crippen molar-refractivity contribution in [3.8, 4) is 11.3 Å². The molecule has 0 saturated carbocycles. The number of carbonyl (C=O) groups excluding carboxylic acids is 1. The van der Waals surface area contributed by atoms with Crippen LogP contribution in [0.3, 0.4) is 0 Å². The number of hydrogen-bond acceptors (Lipinski definition) is 6. The molecule has 6 nitrogen and oxygen atoms in total. The van der Waals surface area contributed by atoms with Crippen LogP contribution in [0, 0.1) is 0 Å². The molecule has 4 rings (SSSR count). The topological polar surface area (TPSA) is 58.8 Å². The predicted molar refractivity (Wildman–Crippen MR) is 128 cm³/mol. The zero-order valence-corrected chi connectivity index (χ0v) is 19.6. The van der Waals surface area contributed by atoms with Gasteiger partial charge in [-0.3, -0.25) is 4.79 Å². The highest BCUT2D eigenvalue weighted by Gasteiger charge is 2.30. The molecule has 0 spiro atoms. The Kier molecular flexibility index (Phi) is 7.60. The number of methoxy groups -OCH3 is 1. The lowest BCUT2D eigenvalue weighted by atomic mass is 10.0. The molecule has 1 aliphatic rings. The molecule has 1 aliphatic heterocycles. The van der Waals surface area contributed by atoms with Gasteiger partial charge in [0, 0.05) is 38.4 Å². The van der Waals surface area contributed by atoms with Gasteiger partial charge in [-0.25, -0.2) is 0 Å². The third-order valence-corrected chi connectivity index (χ3v) is 6.88. The van der Waals surface area contributed by atoms with Gasteiger partial charge in [0.15, 0.2) is 0 Å². The van der Waals surface area contributed by atoms with Crippen LogP contribution in [0.4, 0.5) is 5.88 Å². The first kappa shape index (κ1) is 22.6. The smallest absolute Gasteiger partial charge is 0.264 e. The quantitative estimate of drug-likeness (QED) is 0.403. The molecular weight excluding hydrogens is 422 g/mol. The molecule has 0 N–H and O–H groups in total. The van der Waals surface area contributed by atoms with Crippen LogP contribution in [-0.4, -0.2) is 48.8 Å². The molecule has 7 heteroatoms. The molecule has 0 bridgehead atoms. The third-order valence-electron chi connectivity index (χ3n) is 6.02. The van der Waals surface area contributed by atoms with Crippen LogP contribution in [0.1, 0.15) is 47.8 Å². The summed E-state index contributed by atoms with van der Waals surface area (Å²) in [5, 5.41) is 6.43. The molecule has 1 fully saturated rings. The lowest BCUT2D eigenvalue weighted by molar-refractivity contribution is 0.0729. The number of rotatable bonds is 9. The van der Waals surface area contributed by atoms with E-state index in [2.05, 4.69) is 17.0 Å². The maximum Gasteiger partial charge on any atom is 0.264 e. The molecule has 1 aromatic carbocycles. The average Bonchev–Trinajstić information content (AvgIpc) is 3.50. The molecule has 1 atom stereocenters. The first-order chi connectivity index (χ1) is 15.7. The maximum absolute atomic E-state index is 13.4. The zero-order valence-electron chi connectivity index (χ0n) is 18.8. The van der Waals surface area contributed by atoms with Crippen molar-refractivity contribution in [3.63, 3.8) is 0 Å². The van der Waals surface area contributed by atoms with Crippen LogP contribution < -0.4 is 4.90 Å². The summed E-state index contributed by atoms with van der Waals surface area (Å²) >= 11 is 1.47. The normalized spacial score (nSPS) is 16.3. The maximum atomic E-state index is 13.4. The molecule has 0 unspecified atom stereocenters. The highest BCUT2D eigenvalue weighted by atomic mass is 32.1. The minimum Gasteiger partial charge on any atom is -0.385 e. The van der Waals surface area contributed by atoms with Crippen LogP contribution in [0.15, 0.2) is 52.4 Å². The molecule has 3 heterocycles. The molecule has 170 valence electrons. The Labute approximate surface area is 193 Å². The van der Waals surface area contributed by atoms with Crippen LogP contribution >= 0.6 is 11.3 Å². The SMILES string of the molecule is COCCCN(Cc1c(-c2ccccc2)noc1N1CCCC[C@H]1C)C(=O)c1cccs1. The first-order valence-corrected chi connectivity index (χ1v) is 12.2. The fraction of sp³-hybridized carbons (Fsp3) is 0.440. The number of aromatic nitrogens is 1. The Morgan fingerprint density at radius 2 is 2.09 bits per heavy atom. The molecule has 0 radical (unpaired) electrons. The first-order valence-electron chi connectivity index (χ1n) is 11.3. The summed E-state index contributed by atoms with van der Waals surface area (Å²) in [5.74, 6) is 0.834. The zero-order chi connectivity index (χ0) is 22.3. The van der Waals surface area contributed by atoms with Crippen molar-refractivity contribution in [2.75, 3.05) is 31.7 Å². The van der Waals surface area contributed by atoms with Gasteiger partial charge in [-0.1, -0.05) is 41.6 Å². The second-order valence-corrected chi connectivity index (χ2v) is 9.22. The Balaban J connectivity index is 1.71. The molecule has 2 aromatic heterocycles. The molecule has 0 aliphatic carbocycles. The highest BCUT2D eigenvalue weighted by molar-refractivity contribution is 7.12. The highest BCUT2D eigenvalue weighted by Crippen LogP contribution is 2.35. The summed E-state index contributed by atoms with van der Waals surface area (Å²) < 4.78 is 11.2. The number of hydrogen-bond donors (Lipinski definition) is 0. The van der Waals surface area contributed by atoms with E-state index < -0.39 is 0 Å². The van der Waals surface area contributed by atoms with Crippen LogP contribution in [0.25, 0.3) is 11.3 Å². The second kappa shape index (κ2) is 10.8. The Morgan fingerprint density at radius 1 is 1.25 bits per heavy atom. The summed E-state index contributed by atoms with van der Waals surface area (Å²) in [5.41, 5.74) is 2.80. The minimum absolute atomic E-state index is 0.0361. The molecule has 3 aromatic rings. The van der Waals surface area contributed by atoms with Crippen LogP contribution in [0.2, 0.25) is 0 Å². The van der Waals surface area contributed by atoms with E-state index in [-0.39, 0.29) is 5.91 Å². The number of amides is 1. The molecule has 32 heavy (non-hydrogen) atoms. The summed E-state index contributed by atoms with van der Waals surface area (Å²) in [6.45, 7) is 4.85. The van der Waals surface area contributed by atoms with Gasteiger partial charge in [0.2, 0.25) is 5.88 Å². The van der Waals surface area contributed by atoms with Crippen molar-refractivity contribution in [1.29, 1.82) is 0 Å². The third kappa shape index (κ3) is 5.05. The Hall–Kier alpha value is -2.64. The second-order valence-electron chi connectivity index (χ2n) is 8.27. The number of thiophene rings is 1. The summed E-state index contributed by atoms with van der Waals surface area (Å²) in [6, 6.07) is 14.3.